The molecule has 10 heteroatoms. The molecule has 1 aliphatic rings. The van der Waals surface area contributed by atoms with Crippen LogP contribution in [0.1, 0.15) is 5.69 Å². The van der Waals surface area contributed by atoms with Gasteiger partial charge in [0, 0.05) is 42.9 Å². The molecule has 1 fully saturated rings. The van der Waals surface area contributed by atoms with Crippen molar-refractivity contribution in [3.63, 3.8) is 0 Å². The lowest BCUT2D eigenvalue weighted by Gasteiger charge is -2.26. The summed E-state index contributed by atoms with van der Waals surface area (Å²) in [6.07, 6.45) is 1.32. The zero-order valence-electron chi connectivity index (χ0n) is 16.7. The topological polar surface area (TPSA) is 118 Å². The van der Waals surface area contributed by atoms with E-state index in [1.807, 2.05) is 37.3 Å². The van der Waals surface area contributed by atoms with Gasteiger partial charge in [-0.15, -0.1) is 0 Å². The van der Waals surface area contributed by atoms with E-state index in [1.165, 1.54) is 6.33 Å². The summed E-state index contributed by atoms with van der Waals surface area (Å²) in [5.41, 5.74) is 2.22. The first kappa shape index (κ1) is 19.9. The standard InChI is InChI=1S/C20H23N7O3/c1-14-5-6-15-16(24-14)3-2-4-17(15)25-20-18(27(28)29)19(22-13-23-20)21-7-8-26-9-11-30-12-10-26/h2-6,13H,7-12H2,1H3,(H2,21,22,23,25). The van der Waals surface area contributed by atoms with Crippen molar-refractivity contribution in [1.82, 2.24) is 19.9 Å². The van der Waals surface area contributed by atoms with E-state index in [0.717, 1.165) is 36.2 Å². The highest BCUT2D eigenvalue weighted by atomic mass is 16.6. The number of anilines is 3. The molecular formula is C20H23N7O3. The fraction of sp³-hybridized carbons (Fsp3) is 0.350. The molecule has 0 unspecified atom stereocenters. The molecule has 1 aliphatic heterocycles. The largest absolute Gasteiger partial charge is 0.379 e. The Hall–Kier alpha value is -3.37. The summed E-state index contributed by atoms with van der Waals surface area (Å²) in [6.45, 7) is 6.34. The van der Waals surface area contributed by atoms with E-state index in [9.17, 15) is 10.1 Å². The van der Waals surface area contributed by atoms with Crippen molar-refractivity contribution in [2.24, 2.45) is 0 Å². The van der Waals surface area contributed by atoms with Crippen molar-refractivity contribution in [3.05, 3.63) is 52.5 Å². The highest BCUT2D eigenvalue weighted by Gasteiger charge is 2.23. The SMILES string of the molecule is Cc1ccc2c(Nc3ncnc(NCCN4CCOCC4)c3[N+](=O)[O-])cccc2n1. The minimum atomic E-state index is -0.465. The molecule has 2 aromatic heterocycles. The highest BCUT2D eigenvalue weighted by molar-refractivity contribution is 5.94. The van der Waals surface area contributed by atoms with Gasteiger partial charge in [0.1, 0.15) is 6.33 Å². The van der Waals surface area contributed by atoms with E-state index < -0.39 is 4.92 Å². The lowest BCUT2D eigenvalue weighted by Crippen LogP contribution is -2.39. The molecule has 2 N–H and O–H groups in total. The van der Waals surface area contributed by atoms with Crippen molar-refractivity contribution < 1.29 is 9.66 Å². The van der Waals surface area contributed by atoms with Crippen LogP contribution in [0.4, 0.5) is 23.0 Å². The monoisotopic (exact) mass is 409 g/mol. The molecular weight excluding hydrogens is 386 g/mol. The van der Waals surface area contributed by atoms with Gasteiger partial charge in [0.25, 0.3) is 0 Å². The number of rotatable bonds is 7. The maximum atomic E-state index is 11.8. The van der Waals surface area contributed by atoms with E-state index >= 15 is 0 Å². The van der Waals surface area contributed by atoms with E-state index in [-0.39, 0.29) is 17.3 Å². The summed E-state index contributed by atoms with van der Waals surface area (Å²) in [5, 5.41) is 18.9. The second-order valence-corrected chi connectivity index (χ2v) is 7.01. The van der Waals surface area contributed by atoms with Crippen LogP contribution >= 0.6 is 0 Å². The zero-order chi connectivity index (χ0) is 20.9. The number of hydrogen-bond donors (Lipinski definition) is 2. The molecule has 1 saturated heterocycles. The second-order valence-electron chi connectivity index (χ2n) is 7.01. The van der Waals surface area contributed by atoms with Crippen molar-refractivity contribution >= 4 is 33.9 Å². The summed E-state index contributed by atoms with van der Waals surface area (Å²) < 4.78 is 5.34. The van der Waals surface area contributed by atoms with Crippen LogP contribution in [0.3, 0.4) is 0 Å². The van der Waals surface area contributed by atoms with Crippen molar-refractivity contribution in [3.8, 4) is 0 Å². The van der Waals surface area contributed by atoms with E-state index in [1.54, 1.807) is 0 Å². The number of aryl methyl sites for hydroxylation is 1. The Kier molecular flexibility index (Phi) is 5.96. The van der Waals surface area contributed by atoms with Gasteiger partial charge in [-0.05, 0) is 31.2 Å². The van der Waals surface area contributed by atoms with E-state index in [4.69, 9.17) is 4.74 Å². The number of benzene rings is 1. The number of fused-ring (bicyclic) bond motifs is 1. The molecule has 0 bridgehead atoms. The smallest absolute Gasteiger partial charge is 0.353 e. The fourth-order valence-corrected chi connectivity index (χ4v) is 3.42. The number of hydrogen-bond acceptors (Lipinski definition) is 9. The molecule has 4 rings (SSSR count). The minimum absolute atomic E-state index is 0.136. The summed E-state index contributed by atoms with van der Waals surface area (Å²) in [6, 6.07) is 9.44. The molecule has 0 amide bonds. The predicted octanol–water partition coefficient (Wildman–Crippen LogP) is 2.73. The molecule has 1 aromatic carbocycles. The van der Waals surface area contributed by atoms with Gasteiger partial charge in [-0.3, -0.25) is 20.0 Å². The number of nitrogens with one attached hydrogen (secondary N) is 2. The third-order valence-corrected chi connectivity index (χ3v) is 4.95. The van der Waals surface area contributed by atoms with Crippen LogP contribution in [0.15, 0.2) is 36.7 Å². The van der Waals surface area contributed by atoms with Gasteiger partial charge in [-0.2, -0.15) is 0 Å². The summed E-state index contributed by atoms with van der Waals surface area (Å²) in [7, 11) is 0. The van der Waals surface area contributed by atoms with Crippen LogP contribution in [0.2, 0.25) is 0 Å². The van der Waals surface area contributed by atoms with Crippen LogP contribution < -0.4 is 10.6 Å². The molecule has 0 aliphatic carbocycles. The zero-order valence-corrected chi connectivity index (χ0v) is 16.7. The number of aromatic nitrogens is 3. The van der Waals surface area contributed by atoms with Gasteiger partial charge in [-0.1, -0.05) is 6.07 Å². The number of nitrogens with zero attached hydrogens (tertiary/aromatic N) is 5. The average Bonchev–Trinajstić information content (AvgIpc) is 2.74. The maximum Gasteiger partial charge on any atom is 0.353 e. The van der Waals surface area contributed by atoms with Crippen LogP contribution in [-0.4, -0.2) is 64.2 Å². The average molecular weight is 409 g/mol. The normalized spacial score (nSPS) is 14.6. The number of morpholine rings is 1. The van der Waals surface area contributed by atoms with Gasteiger partial charge in [0.2, 0.25) is 11.6 Å². The second kappa shape index (κ2) is 8.97. The Morgan fingerprint density at radius 1 is 1.17 bits per heavy atom. The molecule has 0 atom stereocenters. The maximum absolute atomic E-state index is 11.8. The first-order valence-corrected chi connectivity index (χ1v) is 9.78. The third-order valence-electron chi connectivity index (χ3n) is 4.95. The molecule has 30 heavy (non-hydrogen) atoms. The van der Waals surface area contributed by atoms with E-state index in [2.05, 4.69) is 30.5 Å². The van der Waals surface area contributed by atoms with Gasteiger partial charge in [0.05, 0.1) is 23.7 Å². The third kappa shape index (κ3) is 4.44. The molecule has 0 saturated carbocycles. The first-order chi connectivity index (χ1) is 14.6. The van der Waals surface area contributed by atoms with Crippen molar-refractivity contribution in [2.45, 2.75) is 6.92 Å². The summed E-state index contributed by atoms with van der Waals surface area (Å²) in [4.78, 5) is 26.3. The van der Waals surface area contributed by atoms with Crippen LogP contribution in [-0.2, 0) is 4.74 Å². The molecule has 156 valence electrons. The minimum Gasteiger partial charge on any atom is -0.379 e. The Morgan fingerprint density at radius 3 is 2.77 bits per heavy atom. The van der Waals surface area contributed by atoms with E-state index in [0.29, 0.717) is 25.4 Å². The van der Waals surface area contributed by atoms with Crippen molar-refractivity contribution in [1.29, 1.82) is 0 Å². The summed E-state index contributed by atoms with van der Waals surface area (Å²) in [5.74, 6) is 0.330. The van der Waals surface area contributed by atoms with Crippen LogP contribution in [0, 0.1) is 17.0 Å². The highest BCUT2D eigenvalue weighted by Crippen LogP contribution is 2.33. The fourth-order valence-electron chi connectivity index (χ4n) is 3.42. The predicted molar refractivity (Wildman–Crippen MR) is 114 cm³/mol. The van der Waals surface area contributed by atoms with Gasteiger partial charge < -0.3 is 15.4 Å². The van der Waals surface area contributed by atoms with Crippen LogP contribution in [0.5, 0.6) is 0 Å². The number of nitro groups is 1. The molecule has 3 heterocycles. The first-order valence-electron chi connectivity index (χ1n) is 9.78. The Bertz CT molecular complexity index is 1050. The lowest BCUT2D eigenvalue weighted by atomic mass is 10.1. The Morgan fingerprint density at radius 2 is 1.97 bits per heavy atom. The van der Waals surface area contributed by atoms with Crippen LogP contribution in [0.25, 0.3) is 10.9 Å². The van der Waals surface area contributed by atoms with Gasteiger partial charge in [0.15, 0.2) is 0 Å². The Labute approximate surface area is 173 Å². The molecule has 10 nitrogen and oxygen atoms in total. The Balaban J connectivity index is 1.56. The lowest BCUT2D eigenvalue weighted by molar-refractivity contribution is -0.383. The summed E-state index contributed by atoms with van der Waals surface area (Å²) >= 11 is 0. The van der Waals surface area contributed by atoms with Gasteiger partial charge in [-0.25, -0.2) is 9.97 Å². The molecule has 0 radical (unpaired) electrons. The molecule has 3 aromatic rings. The molecule has 0 spiro atoms. The number of ether oxygens (including phenoxy) is 1. The van der Waals surface area contributed by atoms with Crippen molar-refractivity contribution in [2.75, 3.05) is 50.0 Å². The number of pyridine rings is 1. The quantitative estimate of drug-likeness (QED) is 0.448. The van der Waals surface area contributed by atoms with Gasteiger partial charge >= 0.3 is 5.69 Å².